The third kappa shape index (κ3) is 4.86. The summed E-state index contributed by atoms with van der Waals surface area (Å²) in [4.78, 5) is 16.0. The summed E-state index contributed by atoms with van der Waals surface area (Å²) in [5, 5.41) is 12.3. The van der Waals surface area contributed by atoms with Crippen molar-refractivity contribution in [2.24, 2.45) is 0 Å². The van der Waals surface area contributed by atoms with Crippen LogP contribution in [0.25, 0.3) is 0 Å². The van der Waals surface area contributed by atoms with E-state index >= 15 is 0 Å². The maximum Gasteiger partial charge on any atom is 0.303 e. The van der Waals surface area contributed by atoms with Gasteiger partial charge < -0.3 is 5.11 Å². The molecule has 1 aromatic heterocycles. The number of hydrogen-bond acceptors (Lipinski definition) is 4. The highest BCUT2D eigenvalue weighted by Crippen LogP contribution is 2.26. The van der Waals surface area contributed by atoms with Crippen molar-refractivity contribution < 1.29 is 9.90 Å². The summed E-state index contributed by atoms with van der Waals surface area (Å²) in [6.07, 6.45) is 0.623. The minimum absolute atomic E-state index is 0.130. The van der Waals surface area contributed by atoms with Crippen molar-refractivity contribution in [1.29, 1.82) is 0 Å². The van der Waals surface area contributed by atoms with Crippen molar-refractivity contribution in [3.8, 4) is 0 Å². The van der Waals surface area contributed by atoms with Crippen molar-refractivity contribution in [2.45, 2.75) is 23.5 Å². The molecule has 3 nitrogen and oxygen atoms in total. The smallest absolute Gasteiger partial charge is 0.303 e. The van der Waals surface area contributed by atoms with Crippen LogP contribution >= 0.6 is 34.7 Å². The van der Waals surface area contributed by atoms with Crippen LogP contribution in [0.4, 0.5) is 0 Å². The molecule has 6 heteroatoms. The number of carbonyl (C=O) groups is 1. The molecule has 1 N–H and O–H groups in total. The summed E-state index contributed by atoms with van der Waals surface area (Å²) in [5.74, 6) is -0.0132. The van der Waals surface area contributed by atoms with E-state index in [-0.39, 0.29) is 6.42 Å². The first-order chi connectivity index (χ1) is 9.13. The SMILES string of the molecule is O=C(O)CCc1csc(CSc2cccc(Cl)c2)n1. The lowest BCUT2D eigenvalue weighted by Gasteiger charge is -1.99. The maximum absolute atomic E-state index is 10.5. The Morgan fingerprint density at radius 3 is 3.05 bits per heavy atom. The molecule has 1 heterocycles. The van der Waals surface area contributed by atoms with Gasteiger partial charge in [-0.25, -0.2) is 4.98 Å². The first kappa shape index (κ1) is 14.4. The van der Waals surface area contributed by atoms with Gasteiger partial charge in [-0.2, -0.15) is 0 Å². The molecule has 2 rings (SSSR count). The van der Waals surface area contributed by atoms with Crippen LogP contribution in [0.15, 0.2) is 34.5 Å². The first-order valence-electron chi connectivity index (χ1n) is 5.67. The van der Waals surface area contributed by atoms with Crippen molar-refractivity contribution in [3.63, 3.8) is 0 Å². The number of thiazole rings is 1. The summed E-state index contributed by atoms with van der Waals surface area (Å²) in [6.45, 7) is 0. The Kier molecular flexibility index (Phi) is 5.24. The van der Waals surface area contributed by atoms with Gasteiger partial charge in [0.2, 0.25) is 0 Å². The second-order valence-electron chi connectivity index (χ2n) is 3.87. The Labute approximate surface area is 124 Å². The topological polar surface area (TPSA) is 50.2 Å². The molecule has 0 spiro atoms. The average Bonchev–Trinajstić information content (AvgIpc) is 2.82. The van der Waals surface area contributed by atoms with Gasteiger partial charge in [0, 0.05) is 21.7 Å². The van der Waals surface area contributed by atoms with Crippen LogP contribution in [-0.2, 0) is 17.0 Å². The molecule has 19 heavy (non-hydrogen) atoms. The molecule has 0 aliphatic heterocycles. The number of halogens is 1. The van der Waals surface area contributed by atoms with Crippen molar-refractivity contribution in [1.82, 2.24) is 4.98 Å². The number of carboxylic acids is 1. The highest BCUT2D eigenvalue weighted by Gasteiger charge is 2.05. The molecular formula is C13H12ClNO2S2. The van der Waals surface area contributed by atoms with E-state index in [1.807, 2.05) is 29.6 Å². The molecular weight excluding hydrogens is 302 g/mol. The molecule has 0 amide bonds. The van der Waals surface area contributed by atoms with Gasteiger partial charge in [0.1, 0.15) is 5.01 Å². The zero-order valence-electron chi connectivity index (χ0n) is 10.0. The van der Waals surface area contributed by atoms with Gasteiger partial charge in [-0.15, -0.1) is 23.1 Å². The van der Waals surface area contributed by atoms with Crippen molar-refractivity contribution >= 4 is 40.7 Å². The monoisotopic (exact) mass is 313 g/mol. The summed E-state index contributed by atoms with van der Waals surface area (Å²) >= 11 is 9.16. The predicted molar refractivity (Wildman–Crippen MR) is 79.1 cm³/mol. The zero-order chi connectivity index (χ0) is 13.7. The van der Waals surface area contributed by atoms with Gasteiger partial charge in [-0.3, -0.25) is 4.79 Å². The zero-order valence-corrected chi connectivity index (χ0v) is 12.4. The summed E-state index contributed by atoms with van der Waals surface area (Å²) in [6, 6.07) is 7.70. The van der Waals surface area contributed by atoms with Crippen LogP contribution in [0.2, 0.25) is 5.02 Å². The second-order valence-corrected chi connectivity index (χ2v) is 6.30. The van der Waals surface area contributed by atoms with E-state index in [0.29, 0.717) is 6.42 Å². The molecule has 0 unspecified atom stereocenters. The lowest BCUT2D eigenvalue weighted by molar-refractivity contribution is -0.136. The van der Waals surface area contributed by atoms with Crippen LogP contribution in [0.5, 0.6) is 0 Å². The van der Waals surface area contributed by atoms with E-state index in [1.165, 1.54) is 0 Å². The summed E-state index contributed by atoms with van der Waals surface area (Å²) < 4.78 is 0. The number of aliphatic carboxylic acids is 1. The average molecular weight is 314 g/mol. The van der Waals surface area contributed by atoms with Crippen LogP contribution in [-0.4, -0.2) is 16.1 Å². The highest BCUT2D eigenvalue weighted by atomic mass is 35.5. The molecule has 0 atom stereocenters. The maximum atomic E-state index is 10.5. The number of nitrogens with zero attached hydrogens (tertiary/aromatic N) is 1. The molecule has 0 bridgehead atoms. The number of carboxylic acid groups (broad SMARTS) is 1. The lowest BCUT2D eigenvalue weighted by Crippen LogP contribution is -1.97. The summed E-state index contributed by atoms with van der Waals surface area (Å²) in [5.41, 5.74) is 0.856. The standard InChI is InChI=1S/C13H12ClNO2S2/c14-9-2-1-3-11(6-9)18-8-12-15-10(7-19-12)4-5-13(16)17/h1-3,6-7H,4-5,8H2,(H,16,17). The van der Waals surface area contributed by atoms with Gasteiger partial charge in [-0.1, -0.05) is 17.7 Å². The fourth-order valence-corrected chi connectivity index (χ4v) is 3.52. The van der Waals surface area contributed by atoms with Crippen LogP contribution < -0.4 is 0 Å². The first-order valence-corrected chi connectivity index (χ1v) is 7.91. The quantitative estimate of drug-likeness (QED) is 0.815. The fourth-order valence-electron chi connectivity index (χ4n) is 1.47. The van der Waals surface area contributed by atoms with E-state index < -0.39 is 5.97 Å². The van der Waals surface area contributed by atoms with Crippen molar-refractivity contribution in [2.75, 3.05) is 0 Å². The third-order valence-corrected chi connectivity index (χ3v) is 4.67. The molecule has 0 radical (unpaired) electrons. The van der Waals surface area contributed by atoms with E-state index in [1.54, 1.807) is 23.1 Å². The van der Waals surface area contributed by atoms with Gasteiger partial charge >= 0.3 is 5.97 Å². The van der Waals surface area contributed by atoms with E-state index in [0.717, 1.165) is 26.4 Å². The van der Waals surface area contributed by atoms with Crippen LogP contribution in [0.1, 0.15) is 17.1 Å². The van der Waals surface area contributed by atoms with Crippen LogP contribution in [0, 0.1) is 0 Å². The van der Waals surface area contributed by atoms with Gasteiger partial charge in [0.15, 0.2) is 0 Å². The normalized spacial score (nSPS) is 10.6. The third-order valence-electron chi connectivity index (χ3n) is 2.35. The number of rotatable bonds is 6. The molecule has 0 saturated carbocycles. The van der Waals surface area contributed by atoms with Gasteiger partial charge in [0.25, 0.3) is 0 Å². The lowest BCUT2D eigenvalue weighted by atomic mass is 10.2. The van der Waals surface area contributed by atoms with E-state index in [2.05, 4.69) is 4.98 Å². The Morgan fingerprint density at radius 2 is 2.32 bits per heavy atom. The Balaban J connectivity index is 1.88. The Morgan fingerprint density at radius 1 is 1.47 bits per heavy atom. The molecule has 2 aromatic rings. The summed E-state index contributed by atoms with van der Waals surface area (Å²) in [7, 11) is 0. The number of hydrogen-bond donors (Lipinski definition) is 1. The molecule has 1 aromatic carbocycles. The number of aryl methyl sites for hydroxylation is 1. The molecule has 0 fully saturated rings. The van der Waals surface area contributed by atoms with Gasteiger partial charge in [-0.05, 0) is 18.2 Å². The molecule has 0 aliphatic rings. The number of thioether (sulfide) groups is 1. The molecule has 0 saturated heterocycles. The fraction of sp³-hybridized carbons (Fsp3) is 0.231. The van der Waals surface area contributed by atoms with Crippen LogP contribution in [0.3, 0.4) is 0 Å². The van der Waals surface area contributed by atoms with Gasteiger partial charge in [0.05, 0.1) is 17.9 Å². The number of benzene rings is 1. The van der Waals surface area contributed by atoms with Crippen molar-refractivity contribution in [3.05, 3.63) is 45.4 Å². The highest BCUT2D eigenvalue weighted by molar-refractivity contribution is 7.98. The minimum atomic E-state index is -0.789. The molecule has 100 valence electrons. The Hall–Kier alpha value is -1.04. The largest absolute Gasteiger partial charge is 0.481 e. The Bertz CT molecular complexity index is 571. The van der Waals surface area contributed by atoms with E-state index in [9.17, 15) is 4.79 Å². The minimum Gasteiger partial charge on any atom is -0.481 e. The number of aromatic nitrogens is 1. The predicted octanol–water partition coefficient (Wildman–Crippen LogP) is 4.11. The molecule has 0 aliphatic carbocycles. The second kappa shape index (κ2) is 6.93. The van der Waals surface area contributed by atoms with E-state index in [4.69, 9.17) is 16.7 Å².